The van der Waals surface area contributed by atoms with Gasteiger partial charge in [0.05, 0.1) is 13.0 Å². The summed E-state index contributed by atoms with van der Waals surface area (Å²) in [5.41, 5.74) is 1.84. The largest absolute Gasteiger partial charge is 0.466 e. The van der Waals surface area contributed by atoms with E-state index in [9.17, 15) is 9.59 Å². The zero-order valence-corrected chi connectivity index (χ0v) is 19.7. The first-order valence-electron chi connectivity index (χ1n) is 11.1. The van der Waals surface area contributed by atoms with Gasteiger partial charge >= 0.3 is 12.0 Å². The number of esters is 1. The molecule has 31 heavy (non-hydrogen) atoms. The van der Waals surface area contributed by atoms with Crippen LogP contribution in [-0.2, 0) is 16.0 Å². The molecule has 0 aliphatic carbocycles. The molecule has 0 heterocycles. The molecule has 2 amide bonds. The Kier molecular flexibility index (Phi) is 11.0. The molecule has 168 valence electrons. The summed E-state index contributed by atoms with van der Waals surface area (Å²) in [4.78, 5) is 28.3. The van der Waals surface area contributed by atoms with E-state index in [0.717, 1.165) is 46.7 Å². The molecule has 0 spiro atoms. The minimum Gasteiger partial charge on any atom is -0.466 e. The van der Waals surface area contributed by atoms with Gasteiger partial charge < -0.3 is 10.1 Å². The summed E-state index contributed by atoms with van der Waals surface area (Å²) < 4.78 is 5.03. The predicted octanol–water partition coefficient (Wildman–Crippen LogP) is 6.06. The number of anilines is 1. The molecule has 0 fully saturated rings. The lowest BCUT2D eigenvalue weighted by molar-refractivity contribution is -0.142. The van der Waals surface area contributed by atoms with Crippen LogP contribution in [0.2, 0.25) is 0 Å². The van der Waals surface area contributed by atoms with E-state index >= 15 is 0 Å². The van der Waals surface area contributed by atoms with Crippen molar-refractivity contribution < 1.29 is 14.3 Å². The summed E-state index contributed by atoms with van der Waals surface area (Å²) in [5.74, 6) is -0.210. The predicted molar refractivity (Wildman–Crippen MR) is 128 cm³/mol. The molecule has 0 aliphatic rings. The number of unbranched alkanes of at least 4 members (excludes halogenated alkanes) is 2. The SMILES string of the molecule is CCCCNC(=O)N(CCCC)c1ccc(Sc2cccc(CC(=O)OCC)c2)cc1. The van der Waals surface area contributed by atoms with Crippen molar-refractivity contribution in [3.63, 3.8) is 0 Å². The maximum Gasteiger partial charge on any atom is 0.321 e. The van der Waals surface area contributed by atoms with Gasteiger partial charge in [-0.15, -0.1) is 0 Å². The van der Waals surface area contributed by atoms with Crippen molar-refractivity contribution in [1.29, 1.82) is 0 Å². The standard InChI is InChI=1S/C25H34N2O3S/c1-4-7-16-26-25(29)27(17-8-5-2)21-12-14-22(15-13-21)31-23-11-9-10-20(18-23)19-24(28)30-6-3/h9-15,18H,4-8,16-17,19H2,1-3H3,(H,26,29). The average molecular weight is 443 g/mol. The Labute approximate surface area is 190 Å². The molecular weight excluding hydrogens is 408 g/mol. The minimum atomic E-state index is -0.210. The van der Waals surface area contributed by atoms with Crippen LogP contribution in [0, 0.1) is 0 Å². The van der Waals surface area contributed by atoms with Crippen LogP contribution in [0.4, 0.5) is 10.5 Å². The maximum atomic E-state index is 12.6. The number of benzene rings is 2. The Morgan fingerprint density at radius 1 is 0.968 bits per heavy atom. The number of nitrogens with one attached hydrogen (secondary N) is 1. The van der Waals surface area contributed by atoms with Crippen LogP contribution in [0.25, 0.3) is 0 Å². The molecule has 2 rings (SSSR count). The highest BCUT2D eigenvalue weighted by atomic mass is 32.2. The van der Waals surface area contributed by atoms with Crippen molar-refractivity contribution in [3.05, 3.63) is 54.1 Å². The highest BCUT2D eigenvalue weighted by Gasteiger charge is 2.15. The van der Waals surface area contributed by atoms with Crippen molar-refractivity contribution in [3.8, 4) is 0 Å². The summed E-state index contributed by atoms with van der Waals surface area (Å²) in [7, 11) is 0. The Bertz CT molecular complexity index is 824. The van der Waals surface area contributed by atoms with E-state index in [0.29, 0.717) is 19.7 Å². The van der Waals surface area contributed by atoms with Gasteiger partial charge in [0.2, 0.25) is 0 Å². The molecule has 0 bridgehead atoms. The molecule has 6 heteroatoms. The Morgan fingerprint density at radius 3 is 2.39 bits per heavy atom. The number of rotatable bonds is 12. The van der Waals surface area contributed by atoms with Crippen LogP contribution >= 0.6 is 11.8 Å². The number of nitrogens with zero attached hydrogens (tertiary/aromatic N) is 1. The second-order valence-corrected chi connectivity index (χ2v) is 8.46. The highest BCUT2D eigenvalue weighted by molar-refractivity contribution is 7.99. The van der Waals surface area contributed by atoms with Gasteiger partial charge in [-0.05, 0) is 61.7 Å². The van der Waals surface area contributed by atoms with E-state index in [2.05, 4.69) is 19.2 Å². The lowest BCUT2D eigenvalue weighted by Gasteiger charge is -2.23. The smallest absolute Gasteiger partial charge is 0.321 e. The number of carbonyl (C=O) groups excluding carboxylic acids is 2. The van der Waals surface area contributed by atoms with Crippen molar-refractivity contribution >= 4 is 29.4 Å². The first-order chi connectivity index (χ1) is 15.1. The molecule has 2 aromatic rings. The fourth-order valence-corrected chi connectivity index (χ4v) is 3.96. The summed E-state index contributed by atoms with van der Waals surface area (Å²) in [6, 6.07) is 16.0. The topological polar surface area (TPSA) is 58.6 Å². The van der Waals surface area contributed by atoms with Gasteiger partial charge in [-0.1, -0.05) is 50.6 Å². The van der Waals surface area contributed by atoms with Crippen molar-refractivity contribution in [2.45, 2.75) is 62.7 Å². The van der Waals surface area contributed by atoms with Crippen LogP contribution in [0.1, 0.15) is 52.0 Å². The minimum absolute atomic E-state index is 0.0334. The lowest BCUT2D eigenvalue weighted by atomic mass is 10.1. The van der Waals surface area contributed by atoms with Gasteiger partial charge in [-0.2, -0.15) is 0 Å². The molecule has 0 saturated heterocycles. The number of hydrogen-bond acceptors (Lipinski definition) is 4. The van der Waals surface area contributed by atoms with E-state index in [1.807, 2.05) is 60.4 Å². The van der Waals surface area contributed by atoms with Crippen molar-refractivity contribution in [2.75, 3.05) is 24.6 Å². The summed E-state index contributed by atoms with van der Waals surface area (Å²) in [6.07, 6.45) is 4.32. The van der Waals surface area contributed by atoms with E-state index < -0.39 is 0 Å². The molecular formula is C25H34N2O3S. The van der Waals surface area contributed by atoms with E-state index in [4.69, 9.17) is 4.74 Å². The number of amides is 2. The van der Waals surface area contributed by atoms with E-state index in [1.54, 1.807) is 11.8 Å². The van der Waals surface area contributed by atoms with Gasteiger partial charge in [-0.3, -0.25) is 9.69 Å². The fourth-order valence-electron chi connectivity index (χ4n) is 3.06. The molecule has 0 radical (unpaired) electrons. The van der Waals surface area contributed by atoms with Crippen LogP contribution in [0.3, 0.4) is 0 Å². The zero-order chi connectivity index (χ0) is 22.5. The first kappa shape index (κ1) is 24.8. The average Bonchev–Trinajstić information content (AvgIpc) is 2.76. The van der Waals surface area contributed by atoms with Crippen LogP contribution in [-0.4, -0.2) is 31.7 Å². The second-order valence-electron chi connectivity index (χ2n) is 7.32. The number of hydrogen-bond donors (Lipinski definition) is 1. The molecule has 0 aliphatic heterocycles. The number of urea groups is 1. The molecule has 5 nitrogen and oxygen atoms in total. The number of ether oxygens (including phenoxy) is 1. The molecule has 0 aromatic heterocycles. The first-order valence-corrected chi connectivity index (χ1v) is 12.0. The van der Waals surface area contributed by atoms with Crippen LogP contribution in [0.5, 0.6) is 0 Å². The van der Waals surface area contributed by atoms with Gasteiger partial charge in [-0.25, -0.2) is 4.79 Å². The number of carbonyl (C=O) groups is 2. The monoisotopic (exact) mass is 442 g/mol. The summed E-state index contributed by atoms with van der Waals surface area (Å²) >= 11 is 1.63. The van der Waals surface area contributed by atoms with Crippen molar-refractivity contribution in [1.82, 2.24) is 5.32 Å². The second kappa shape index (κ2) is 13.8. The van der Waals surface area contributed by atoms with Crippen LogP contribution < -0.4 is 10.2 Å². The van der Waals surface area contributed by atoms with E-state index in [1.165, 1.54) is 0 Å². The fraction of sp³-hybridized carbons (Fsp3) is 0.440. The van der Waals surface area contributed by atoms with Gasteiger partial charge in [0, 0.05) is 28.6 Å². The van der Waals surface area contributed by atoms with Crippen LogP contribution in [0.15, 0.2) is 58.3 Å². The molecule has 2 aromatic carbocycles. The lowest BCUT2D eigenvalue weighted by Crippen LogP contribution is -2.41. The van der Waals surface area contributed by atoms with Gasteiger partial charge in [0.1, 0.15) is 0 Å². The third-order valence-corrected chi connectivity index (χ3v) is 5.72. The van der Waals surface area contributed by atoms with Gasteiger partial charge in [0.25, 0.3) is 0 Å². The summed E-state index contributed by atoms with van der Waals surface area (Å²) in [6.45, 7) is 7.86. The molecule has 1 N–H and O–H groups in total. The Morgan fingerprint density at radius 2 is 1.71 bits per heavy atom. The molecule has 0 saturated carbocycles. The zero-order valence-electron chi connectivity index (χ0n) is 18.9. The Hall–Kier alpha value is -2.47. The molecule has 0 unspecified atom stereocenters. The molecule has 0 atom stereocenters. The summed E-state index contributed by atoms with van der Waals surface area (Å²) in [5, 5.41) is 3.02. The third-order valence-electron chi connectivity index (χ3n) is 4.72. The highest BCUT2D eigenvalue weighted by Crippen LogP contribution is 2.30. The Balaban J connectivity index is 2.05. The third kappa shape index (κ3) is 8.66. The quantitative estimate of drug-likeness (QED) is 0.321. The van der Waals surface area contributed by atoms with E-state index in [-0.39, 0.29) is 18.4 Å². The van der Waals surface area contributed by atoms with Crippen molar-refractivity contribution in [2.24, 2.45) is 0 Å². The van der Waals surface area contributed by atoms with Gasteiger partial charge in [0.15, 0.2) is 0 Å². The maximum absolute atomic E-state index is 12.6. The normalized spacial score (nSPS) is 10.5.